The minimum absolute atomic E-state index is 0.0192. The molecule has 1 amide bonds. The van der Waals surface area contributed by atoms with E-state index in [1.54, 1.807) is 12.1 Å². The van der Waals surface area contributed by atoms with Crippen LogP contribution < -0.4 is 32.7 Å². The van der Waals surface area contributed by atoms with Gasteiger partial charge in [0.15, 0.2) is 5.82 Å². The van der Waals surface area contributed by atoms with Gasteiger partial charge in [0.05, 0.1) is 13.2 Å². The molecule has 1 aliphatic carbocycles. The van der Waals surface area contributed by atoms with E-state index >= 15 is 0 Å². The van der Waals surface area contributed by atoms with Gasteiger partial charge in [-0.15, -0.1) is 0 Å². The number of rotatable bonds is 7. The predicted octanol–water partition coefficient (Wildman–Crippen LogP) is 2.03. The second kappa shape index (κ2) is 8.59. The van der Waals surface area contributed by atoms with Crippen molar-refractivity contribution in [2.24, 2.45) is 11.6 Å². The van der Waals surface area contributed by atoms with Crippen molar-refractivity contribution < 1.29 is 9.63 Å². The average molecular weight is 383 g/mol. The number of anilines is 4. The Morgan fingerprint density at radius 1 is 1.36 bits per heavy atom. The lowest BCUT2D eigenvalue weighted by atomic mass is 10.1. The van der Waals surface area contributed by atoms with Gasteiger partial charge in [-0.1, -0.05) is 6.07 Å². The number of carbonyl (C=O) groups is 1. The van der Waals surface area contributed by atoms with Crippen LogP contribution >= 0.6 is 0 Å². The third kappa shape index (κ3) is 4.33. The summed E-state index contributed by atoms with van der Waals surface area (Å²) in [5.41, 5.74) is 12.1. The number of pyridine rings is 1. The summed E-state index contributed by atoms with van der Waals surface area (Å²) < 4.78 is 0. The SMILES string of the molecule is CONc1ccc(N(N)/C=C\N)nc1Nc1ccc2c(c1)CCC2NC(C)=O. The number of nitrogens with one attached hydrogen (secondary N) is 3. The number of hydrazine groups is 1. The monoisotopic (exact) mass is 383 g/mol. The van der Waals surface area contributed by atoms with Gasteiger partial charge in [0.2, 0.25) is 5.91 Å². The van der Waals surface area contributed by atoms with E-state index in [4.69, 9.17) is 16.4 Å². The fourth-order valence-electron chi connectivity index (χ4n) is 3.28. The number of hydrogen-bond acceptors (Lipinski definition) is 8. The molecule has 1 atom stereocenters. The van der Waals surface area contributed by atoms with E-state index in [0.717, 1.165) is 24.1 Å². The van der Waals surface area contributed by atoms with Crippen LogP contribution in [0.15, 0.2) is 42.7 Å². The van der Waals surface area contributed by atoms with Gasteiger partial charge < -0.3 is 16.4 Å². The molecule has 0 radical (unpaired) electrons. The van der Waals surface area contributed by atoms with Crippen LogP contribution in [-0.2, 0) is 16.1 Å². The standard InChI is InChI=1S/C19H25N7O2/c1-12(27)22-16-6-3-13-11-14(4-5-15(13)16)23-19-17(25-28-2)7-8-18(24-19)26(21)10-9-20/h4-5,7-11,16,25H,3,6,20-21H2,1-2H3,(H,22,27)(H,23,24)/b10-9-. The molecule has 1 aromatic heterocycles. The first kappa shape index (κ1) is 19.5. The highest BCUT2D eigenvalue weighted by Crippen LogP contribution is 2.34. The van der Waals surface area contributed by atoms with Crippen LogP contribution in [0.25, 0.3) is 0 Å². The van der Waals surface area contributed by atoms with Crippen molar-refractivity contribution in [3.63, 3.8) is 0 Å². The summed E-state index contributed by atoms with van der Waals surface area (Å²) in [6.45, 7) is 1.54. The van der Waals surface area contributed by atoms with Gasteiger partial charge in [-0.25, -0.2) is 10.8 Å². The second-order valence-corrected chi connectivity index (χ2v) is 6.45. The third-order valence-corrected chi connectivity index (χ3v) is 4.46. The molecule has 0 bridgehead atoms. The molecule has 1 aromatic carbocycles. The largest absolute Gasteiger partial charge is 0.403 e. The minimum Gasteiger partial charge on any atom is -0.403 e. The molecule has 0 saturated carbocycles. The molecule has 28 heavy (non-hydrogen) atoms. The Hall–Kier alpha value is -3.30. The predicted molar refractivity (Wildman–Crippen MR) is 109 cm³/mol. The van der Waals surface area contributed by atoms with Gasteiger partial charge in [-0.3, -0.25) is 20.1 Å². The Kier molecular flexibility index (Phi) is 5.97. The quantitative estimate of drug-likeness (QED) is 0.363. The molecule has 148 valence electrons. The first-order valence-corrected chi connectivity index (χ1v) is 8.91. The molecule has 1 unspecified atom stereocenters. The van der Waals surface area contributed by atoms with Gasteiger partial charge in [0, 0.05) is 25.0 Å². The lowest BCUT2D eigenvalue weighted by Gasteiger charge is -2.17. The molecule has 7 N–H and O–H groups in total. The van der Waals surface area contributed by atoms with Gasteiger partial charge >= 0.3 is 0 Å². The van der Waals surface area contributed by atoms with E-state index < -0.39 is 0 Å². The fourth-order valence-corrected chi connectivity index (χ4v) is 3.28. The molecular formula is C19H25N7O2. The van der Waals surface area contributed by atoms with E-state index in [9.17, 15) is 4.79 Å². The minimum atomic E-state index is -0.0192. The Labute approximate surface area is 163 Å². The number of aryl methyl sites for hydroxylation is 1. The molecule has 3 rings (SSSR count). The maximum atomic E-state index is 11.4. The summed E-state index contributed by atoms with van der Waals surface area (Å²) in [7, 11) is 1.53. The third-order valence-electron chi connectivity index (χ3n) is 4.46. The molecule has 1 heterocycles. The zero-order valence-corrected chi connectivity index (χ0v) is 15.9. The number of nitrogens with zero attached hydrogens (tertiary/aromatic N) is 2. The lowest BCUT2D eigenvalue weighted by Crippen LogP contribution is -2.25. The zero-order valence-electron chi connectivity index (χ0n) is 15.9. The van der Waals surface area contributed by atoms with Crippen molar-refractivity contribution in [1.82, 2.24) is 10.3 Å². The van der Waals surface area contributed by atoms with Gasteiger partial charge in [-0.05, 0) is 48.2 Å². The fraction of sp³-hybridized carbons (Fsp3) is 0.263. The van der Waals surface area contributed by atoms with Crippen LogP contribution in [-0.4, -0.2) is 18.0 Å². The summed E-state index contributed by atoms with van der Waals surface area (Å²) in [6, 6.07) is 9.69. The molecule has 0 saturated heterocycles. The summed E-state index contributed by atoms with van der Waals surface area (Å²) >= 11 is 0. The summed E-state index contributed by atoms with van der Waals surface area (Å²) in [5.74, 6) is 6.96. The Bertz CT molecular complexity index is 885. The van der Waals surface area contributed by atoms with Crippen molar-refractivity contribution >= 4 is 28.9 Å². The zero-order chi connectivity index (χ0) is 20.1. The van der Waals surface area contributed by atoms with E-state index in [1.165, 1.54) is 37.0 Å². The first-order valence-electron chi connectivity index (χ1n) is 8.91. The van der Waals surface area contributed by atoms with Crippen LogP contribution in [0.5, 0.6) is 0 Å². The molecule has 2 aromatic rings. The van der Waals surface area contributed by atoms with Crippen molar-refractivity contribution in [2.45, 2.75) is 25.8 Å². The maximum absolute atomic E-state index is 11.4. The average Bonchev–Trinajstić information content (AvgIpc) is 3.05. The highest BCUT2D eigenvalue weighted by Gasteiger charge is 2.23. The van der Waals surface area contributed by atoms with Crippen LogP contribution in [0.1, 0.15) is 30.5 Å². The lowest BCUT2D eigenvalue weighted by molar-refractivity contribution is -0.119. The van der Waals surface area contributed by atoms with E-state index in [-0.39, 0.29) is 11.9 Å². The number of carbonyl (C=O) groups excluding carboxylic acids is 1. The van der Waals surface area contributed by atoms with Crippen molar-refractivity contribution in [3.05, 3.63) is 53.9 Å². The molecule has 1 aliphatic rings. The molecular weight excluding hydrogens is 358 g/mol. The molecule has 9 heteroatoms. The van der Waals surface area contributed by atoms with Gasteiger partial charge in [0.1, 0.15) is 11.5 Å². The summed E-state index contributed by atoms with van der Waals surface area (Å²) in [5, 5.41) is 7.61. The molecule has 0 spiro atoms. The van der Waals surface area contributed by atoms with Crippen LogP contribution in [0, 0.1) is 0 Å². The number of benzene rings is 1. The smallest absolute Gasteiger partial charge is 0.217 e. The second-order valence-electron chi connectivity index (χ2n) is 6.45. The van der Waals surface area contributed by atoms with E-state index in [0.29, 0.717) is 17.3 Å². The van der Waals surface area contributed by atoms with Gasteiger partial charge in [-0.2, -0.15) is 0 Å². The van der Waals surface area contributed by atoms with Crippen molar-refractivity contribution in [1.29, 1.82) is 0 Å². The summed E-state index contributed by atoms with van der Waals surface area (Å²) in [6.07, 6.45) is 4.65. The van der Waals surface area contributed by atoms with Crippen LogP contribution in [0.4, 0.5) is 23.0 Å². The first-order chi connectivity index (χ1) is 13.5. The number of aromatic nitrogens is 1. The maximum Gasteiger partial charge on any atom is 0.217 e. The van der Waals surface area contributed by atoms with Gasteiger partial charge in [0.25, 0.3) is 0 Å². The molecule has 0 fully saturated rings. The Balaban J connectivity index is 1.86. The highest BCUT2D eigenvalue weighted by atomic mass is 16.6. The summed E-state index contributed by atoms with van der Waals surface area (Å²) in [4.78, 5) is 20.9. The molecule has 0 aliphatic heterocycles. The Morgan fingerprint density at radius 2 is 2.18 bits per heavy atom. The van der Waals surface area contributed by atoms with E-state index in [1.807, 2.05) is 12.1 Å². The van der Waals surface area contributed by atoms with Crippen LogP contribution in [0.3, 0.4) is 0 Å². The number of hydrogen-bond donors (Lipinski definition) is 5. The number of amides is 1. The van der Waals surface area contributed by atoms with Crippen molar-refractivity contribution in [3.8, 4) is 0 Å². The van der Waals surface area contributed by atoms with Crippen molar-refractivity contribution in [2.75, 3.05) is 22.9 Å². The number of fused-ring (bicyclic) bond motifs is 1. The molecule has 9 nitrogen and oxygen atoms in total. The van der Waals surface area contributed by atoms with Crippen LogP contribution in [0.2, 0.25) is 0 Å². The van der Waals surface area contributed by atoms with E-state index in [2.05, 4.69) is 27.2 Å². The number of nitrogens with two attached hydrogens (primary N) is 2. The Morgan fingerprint density at radius 3 is 2.89 bits per heavy atom. The highest BCUT2D eigenvalue weighted by molar-refractivity contribution is 5.75. The normalized spacial score (nSPS) is 15.3. The topological polar surface area (TPSA) is 131 Å².